The van der Waals surface area contributed by atoms with Crippen LogP contribution in [0.1, 0.15) is 20.3 Å². The predicted octanol–water partition coefficient (Wildman–Crippen LogP) is 2.69. The second kappa shape index (κ2) is 9.29. The van der Waals surface area contributed by atoms with E-state index >= 15 is 0 Å². The molecule has 0 saturated heterocycles. The molecule has 0 aromatic rings. The Morgan fingerprint density at radius 1 is 1.64 bits per heavy atom. The van der Waals surface area contributed by atoms with E-state index in [0.29, 0.717) is 13.0 Å². The van der Waals surface area contributed by atoms with E-state index in [1.165, 1.54) is 0 Å². The van der Waals surface area contributed by atoms with Crippen molar-refractivity contribution in [2.45, 2.75) is 25.9 Å². The standard InChI is InChI=1S/C6H12N2OP.Pr/c1-6(2)10(8)9-5-3-4-7;/h6,8H,3,5H2,1-2H3;/q-1;. The van der Waals surface area contributed by atoms with Gasteiger partial charge in [0.25, 0.3) is 0 Å². The third kappa shape index (κ3) is 9.12. The zero-order valence-electron chi connectivity index (χ0n) is 6.87. The molecular formula is C6H12N2OPPr-. The Balaban J connectivity index is 0. The summed E-state index contributed by atoms with van der Waals surface area (Å²) in [6, 6.07) is 1.96. The number of nitrogens with one attached hydrogen (secondary N) is 1. The number of hydrogen-bond acceptors (Lipinski definition) is 2. The van der Waals surface area contributed by atoms with Gasteiger partial charge in [0, 0.05) is 41.3 Å². The van der Waals surface area contributed by atoms with Gasteiger partial charge in [-0.05, 0) is 5.66 Å². The summed E-state index contributed by atoms with van der Waals surface area (Å²) in [5.41, 5.74) is 7.61. The summed E-state index contributed by atoms with van der Waals surface area (Å²) < 4.78 is 5.05. The van der Waals surface area contributed by atoms with Crippen molar-refractivity contribution in [3.05, 3.63) is 5.50 Å². The Morgan fingerprint density at radius 2 is 2.18 bits per heavy atom. The minimum Gasteiger partial charge on any atom is -0.628 e. The van der Waals surface area contributed by atoms with Crippen LogP contribution in [-0.4, -0.2) is 12.3 Å². The first-order valence-electron chi connectivity index (χ1n) is 3.18. The molecule has 0 heterocycles. The molecule has 0 rings (SSSR count). The molecule has 1 atom stereocenters. The van der Waals surface area contributed by atoms with Crippen molar-refractivity contribution in [1.29, 1.82) is 5.26 Å². The van der Waals surface area contributed by atoms with E-state index in [0.717, 1.165) is 0 Å². The normalized spacial score (nSPS) is 11.9. The van der Waals surface area contributed by atoms with Gasteiger partial charge in [0.1, 0.15) is 0 Å². The van der Waals surface area contributed by atoms with E-state index in [9.17, 15) is 0 Å². The predicted molar refractivity (Wildman–Crippen MR) is 42.6 cm³/mol. The third-order valence-corrected chi connectivity index (χ3v) is 2.31. The Labute approximate surface area is 103 Å². The zero-order chi connectivity index (χ0) is 7.98. The Hall–Kier alpha value is 1.20. The average Bonchev–Trinajstić information content (AvgIpc) is 1.88. The van der Waals surface area contributed by atoms with Crippen molar-refractivity contribution in [3.8, 4) is 6.07 Å². The van der Waals surface area contributed by atoms with Gasteiger partial charge in [-0.25, -0.2) is 0 Å². The van der Waals surface area contributed by atoms with Crippen LogP contribution in [0, 0.1) is 52.6 Å². The molecule has 5 heteroatoms. The maximum Gasteiger partial charge on any atom is 0.0646 e. The van der Waals surface area contributed by atoms with Gasteiger partial charge in [0.05, 0.1) is 19.1 Å². The fourth-order valence-electron chi connectivity index (χ4n) is 0.339. The fourth-order valence-corrected chi connectivity index (χ4v) is 0.925. The van der Waals surface area contributed by atoms with E-state index < -0.39 is 8.30 Å². The van der Waals surface area contributed by atoms with Crippen LogP contribution in [-0.2, 0) is 4.52 Å². The number of nitrogens with zero attached hydrogens (tertiary/aromatic N) is 1. The molecule has 61 valence electrons. The second-order valence-corrected chi connectivity index (χ2v) is 4.10. The number of nitriles is 1. The summed E-state index contributed by atoms with van der Waals surface area (Å²) in [5.74, 6) is 0. The second-order valence-electron chi connectivity index (χ2n) is 2.16. The van der Waals surface area contributed by atoms with Crippen molar-refractivity contribution >= 4 is 8.30 Å². The van der Waals surface area contributed by atoms with Crippen LogP contribution in [0.4, 0.5) is 0 Å². The van der Waals surface area contributed by atoms with Crippen LogP contribution >= 0.6 is 8.30 Å². The molecule has 1 radical (unpaired) electrons. The van der Waals surface area contributed by atoms with Gasteiger partial charge in [0.15, 0.2) is 0 Å². The molecule has 0 aromatic carbocycles. The van der Waals surface area contributed by atoms with Crippen LogP contribution in [0.15, 0.2) is 0 Å². The van der Waals surface area contributed by atoms with Gasteiger partial charge in [-0.2, -0.15) is 5.26 Å². The fraction of sp³-hybridized carbons (Fsp3) is 0.833. The SMILES string of the molecule is CC(C)P([NH-])OCCC#N.[Pr]. The van der Waals surface area contributed by atoms with Gasteiger partial charge in [-0.3, -0.25) is 0 Å². The van der Waals surface area contributed by atoms with E-state index in [2.05, 4.69) is 0 Å². The van der Waals surface area contributed by atoms with Crippen molar-refractivity contribution in [3.63, 3.8) is 0 Å². The monoisotopic (exact) mass is 300 g/mol. The van der Waals surface area contributed by atoms with E-state index in [1.54, 1.807) is 0 Å². The number of hydrogen-bond donors (Lipinski definition) is 0. The molecule has 0 spiro atoms. The summed E-state index contributed by atoms with van der Waals surface area (Å²) in [6.07, 6.45) is 0.393. The van der Waals surface area contributed by atoms with Crippen LogP contribution < -0.4 is 0 Å². The summed E-state index contributed by atoms with van der Waals surface area (Å²) in [6.45, 7) is 4.31. The molecule has 0 aliphatic rings. The zero-order valence-corrected chi connectivity index (χ0v) is 11.5. The third-order valence-electron chi connectivity index (χ3n) is 0.913. The van der Waals surface area contributed by atoms with E-state index in [1.807, 2.05) is 19.9 Å². The maximum atomic E-state index is 8.13. The Morgan fingerprint density at radius 3 is 2.55 bits per heavy atom. The maximum absolute atomic E-state index is 8.13. The van der Waals surface area contributed by atoms with Crippen molar-refractivity contribution in [2.24, 2.45) is 0 Å². The molecule has 1 unspecified atom stereocenters. The minimum absolute atomic E-state index is 0. The van der Waals surface area contributed by atoms with Crippen molar-refractivity contribution in [1.82, 2.24) is 0 Å². The molecule has 0 fully saturated rings. The van der Waals surface area contributed by atoms with Gasteiger partial charge >= 0.3 is 0 Å². The van der Waals surface area contributed by atoms with Gasteiger partial charge in [0.2, 0.25) is 0 Å². The van der Waals surface area contributed by atoms with Gasteiger partial charge in [-0.15, -0.1) is 0 Å². The average molecular weight is 300 g/mol. The quantitative estimate of drug-likeness (QED) is 0.592. The molecular weight excluding hydrogens is 288 g/mol. The molecule has 0 aliphatic carbocycles. The smallest absolute Gasteiger partial charge is 0.0646 e. The van der Waals surface area contributed by atoms with Crippen LogP contribution in [0.3, 0.4) is 0 Å². The first kappa shape index (κ1) is 14.7. The topological polar surface area (TPSA) is 56.8 Å². The first-order valence-corrected chi connectivity index (χ1v) is 4.51. The summed E-state index contributed by atoms with van der Waals surface area (Å²) >= 11 is 0. The van der Waals surface area contributed by atoms with Crippen molar-refractivity contribution in [2.75, 3.05) is 6.61 Å². The summed E-state index contributed by atoms with van der Waals surface area (Å²) in [4.78, 5) is 0. The molecule has 0 aromatic heterocycles. The van der Waals surface area contributed by atoms with Gasteiger partial charge < -0.3 is 10.0 Å². The molecule has 0 amide bonds. The van der Waals surface area contributed by atoms with E-state index in [4.69, 9.17) is 15.3 Å². The Bertz CT molecular complexity index is 126. The molecule has 1 N–H and O–H groups in total. The molecule has 0 saturated carbocycles. The molecule has 11 heavy (non-hydrogen) atoms. The minimum atomic E-state index is -1.05. The summed E-state index contributed by atoms with van der Waals surface area (Å²) in [5, 5.41) is 8.13. The Kier molecular flexibility index (Phi) is 12.4. The molecule has 3 nitrogen and oxygen atoms in total. The van der Waals surface area contributed by atoms with Crippen LogP contribution in [0.25, 0.3) is 5.50 Å². The number of rotatable bonds is 4. The van der Waals surface area contributed by atoms with E-state index in [-0.39, 0.29) is 47.0 Å². The molecule has 0 aliphatic heterocycles. The largest absolute Gasteiger partial charge is 0.628 e. The van der Waals surface area contributed by atoms with Crippen molar-refractivity contribution < 1.29 is 45.8 Å². The van der Waals surface area contributed by atoms with Crippen LogP contribution in [0.5, 0.6) is 0 Å². The van der Waals surface area contributed by atoms with Crippen LogP contribution in [0.2, 0.25) is 0 Å². The first-order chi connectivity index (χ1) is 4.68. The molecule has 0 bridgehead atoms. The summed E-state index contributed by atoms with van der Waals surface area (Å²) in [7, 11) is -1.05. The van der Waals surface area contributed by atoms with Gasteiger partial charge in [-0.1, -0.05) is 22.1 Å².